The highest BCUT2D eigenvalue weighted by Crippen LogP contribution is 2.35. The summed E-state index contributed by atoms with van der Waals surface area (Å²) in [5.41, 5.74) is 2.26. The number of thioether (sulfide) groups is 1. The molecule has 0 spiro atoms. The third-order valence-electron chi connectivity index (χ3n) is 5.12. The van der Waals surface area contributed by atoms with Gasteiger partial charge in [-0.2, -0.15) is 0 Å². The summed E-state index contributed by atoms with van der Waals surface area (Å²) in [6.45, 7) is 0.230. The summed E-state index contributed by atoms with van der Waals surface area (Å²) < 4.78 is 5.94. The number of carbonyl (C=O) groups excluding carboxylic acids is 1. The van der Waals surface area contributed by atoms with Crippen LogP contribution >= 0.6 is 11.8 Å². The Bertz CT molecular complexity index is 1360. The fraction of sp³-hybridized carbons (Fsp3) is 0.0769. The van der Waals surface area contributed by atoms with Crippen LogP contribution in [0.4, 0.5) is 5.69 Å². The molecule has 8 nitrogen and oxygen atoms in total. The van der Waals surface area contributed by atoms with Gasteiger partial charge in [0.15, 0.2) is 5.17 Å². The molecule has 1 aliphatic heterocycles. The van der Waals surface area contributed by atoms with E-state index in [9.17, 15) is 19.5 Å². The van der Waals surface area contributed by atoms with Crippen LogP contribution in [0, 0.1) is 0 Å². The topological polar surface area (TPSA) is 117 Å². The fourth-order valence-electron chi connectivity index (χ4n) is 3.25. The number of carbonyl (C=O) groups is 3. The maximum absolute atomic E-state index is 12.8. The molecule has 0 radical (unpaired) electrons. The highest BCUT2D eigenvalue weighted by molar-refractivity contribution is 8.18. The van der Waals surface area contributed by atoms with Gasteiger partial charge in [-0.3, -0.25) is 9.69 Å². The summed E-state index contributed by atoms with van der Waals surface area (Å²) >= 11 is 1.19. The van der Waals surface area contributed by atoms with E-state index in [1.807, 2.05) is 18.2 Å². The number of hydrogen-bond acceptors (Lipinski definition) is 6. The van der Waals surface area contributed by atoms with E-state index in [0.29, 0.717) is 27.1 Å². The molecule has 1 amide bonds. The van der Waals surface area contributed by atoms with Gasteiger partial charge in [0.25, 0.3) is 5.91 Å². The van der Waals surface area contributed by atoms with Gasteiger partial charge in [-0.25, -0.2) is 14.6 Å². The molecule has 0 atom stereocenters. The minimum Gasteiger partial charge on any atom is -0.488 e. The molecule has 3 aromatic rings. The van der Waals surface area contributed by atoms with Crippen molar-refractivity contribution in [2.75, 3.05) is 7.05 Å². The van der Waals surface area contributed by atoms with Gasteiger partial charge in [-0.1, -0.05) is 36.4 Å². The SMILES string of the molecule is CN1C(=O)C(=Cc2ccccc2OCc2ccc(C(=O)O)cc2)SC1=Nc1cccc(C(=O)O)c1. The van der Waals surface area contributed by atoms with E-state index in [0.717, 1.165) is 5.56 Å². The maximum atomic E-state index is 12.8. The third-order valence-corrected chi connectivity index (χ3v) is 6.18. The molecule has 0 saturated carbocycles. The van der Waals surface area contributed by atoms with Crippen molar-refractivity contribution in [2.45, 2.75) is 6.61 Å². The molecule has 0 aliphatic carbocycles. The van der Waals surface area contributed by atoms with Gasteiger partial charge in [0.2, 0.25) is 0 Å². The molecule has 0 aromatic heterocycles. The standard InChI is InChI=1S/C26H20N2O6S/c1-28-23(29)22(35-26(28)27-20-7-4-6-19(13-20)25(32)33)14-18-5-2-3-8-21(18)34-15-16-9-11-17(12-10-16)24(30)31/h2-14H,15H2,1H3,(H,30,31)(H,32,33). The van der Waals surface area contributed by atoms with Gasteiger partial charge in [0.05, 0.1) is 21.7 Å². The zero-order valence-electron chi connectivity index (χ0n) is 18.5. The molecule has 1 heterocycles. The minimum absolute atomic E-state index is 0.114. The van der Waals surface area contributed by atoms with Crippen LogP contribution in [0.2, 0.25) is 0 Å². The van der Waals surface area contributed by atoms with Crippen LogP contribution in [0.1, 0.15) is 31.8 Å². The number of carboxylic acid groups (broad SMARTS) is 2. The van der Waals surface area contributed by atoms with Crippen LogP contribution in [-0.2, 0) is 11.4 Å². The van der Waals surface area contributed by atoms with Crippen molar-refractivity contribution in [3.8, 4) is 5.75 Å². The summed E-state index contributed by atoms with van der Waals surface area (Å²) in [5.74, 6) is -1.71. The first kappa shape index (κ1) is 23.8. The molecule has 1 saturated heterocycles. The molecule has 4 rings (SSSR count). The molecular formula is C26H20N2O6S. The largest absolute Gasteiger partial charge is 0.488 e. The number of amides is 1. The van der Waals surface area contributed by atoms with Gasteiger partial charge < -0.3 is 14.9 Å². The highest BCUT2D eigenvalue weighted by Gasteiger charge is 2.30. The highest BCUT2D eigenvalue weighted by atomic mass is 32.2. The monoisotopic (exact) mass is 488 g/mol. The second-order valence-electron chi connectivity index (χ2n) is 7.55. The zero-order chi connectivity index (χ0) is 24.9. The Morgan fingerprint density at radius 3 is 2.40 bits per heavy atom. The Hall–Kier alpha value is -4.37. The number of amidine groups is 1. The maximum Gasteiger partial charge on any atom is 0.335 e. The van der Waals surface area contributed by atoms with E-state index in [-0.39, 0.29) is 23.6 Å². The molecule has 0 unspecified atom stereocenters. The summed E-state index contributed by atoms with van der Waals surface area (Å²) in [5, 5.41) is 18.6. The van der Waals surface area contributed by atoms with E-state index < -0.39 is 11.9 Å². The quantitative estimate of drug-likeness (QED) is 0.455. The molecule has 1 fully saturated rings. The van der Waals surface area contributed by atoms with Crippen molar-refractivity contribution in [3.63, 3.8) is 0 Å². The van der Waals surface area contributed by atoms with Gasteiger partial charge in [-0.15, -0.1) is 0 Å². The number of hydrogen-bond donors (Lipinski definition) is 2. The first-order valence-corrected chi connectivity index (χ1v) is 11.3. The van der Waals surface area contributed by atoms with Crippen molar-refractivity contribution in [1.29, 1.82) is 0 Å². The lowest BCUT2D eigenvalue weighted by molar-refractivity contribution is -0.121. The van der Waals surface area contributed by atoms with E-state index >= 15 is 0 Å². The summed E-state index contributed by atoms with van der Waals surface area (Å²) in [7, 11) is 1.61. The van der Waals surface area contributed by atoms with E-state index in [1.54, 1.807) is 43.5 Å². The second-order valence-corrected chi connectivity index (χ2v) is 8.56. The van der Waals surface area contributed by atoms with Crippen molar-refractivity contribution >= 4 is 46.5 Å². The Kier molecular flexibility index (Phi) is 6.98. The molecule has 9 heteroatoms. The number of benzene rings is 3. The molecule has 3 aromatic carbocycles. The number of rotatable bonds is 7. The van der Waals surface area contributed by atoms with Gasteiger partial charge in [0.1, 0.15) is 12.4 Å². The van der Waals surface area contributed by atoms with Crippen molar-refractivity contribution in [2.24, 2.45) is 4.99 Å². The second kappa shape index (κ2) is 10.3. The lowest BCUT2D eigenvalue weighted by Crippen LogP contribution is -2.23. The Morgan fingerprint density at radius 2 is 1.69 bits per heavy atom. The molecule has 35 heavy (non-hydrogen) atoms. The number of nitrogens with zero attached hydrogens (tertiary/aromatic N) is 2. The number of aromatic carboxylic acids is 2. The number of likely N-dealkylation sites (N-methyl/N-ethyl adjacent to an activating group) is 1. The van der Waals surface area contributed by atoms with Crippen LogP contribution in [0.25, 0.3) is 6.08 Å². The zero-order valence-corrected chi connectivity index (χ0v) is 19.4. The fourth-order valence-corrected chi connectivity index (χ4v) is 4.23. The van der Waals surface area contributed by atoms with Crippen LogP contribution in [0.3, 0.4) is 0 Å². The van der Waals surface area contributed by atoms with Crippen LogP contribution < -0.4 is 4.74 Å². The Labute approximate surface area is 205 Å². The van der Waals surface area contributed by atoms with Gasteiger partial charge in [-0.05, 0) is 59.8 Å². The van der Waals surface area contributed by atoms with Crippen LogP contribution in [-0.4, -0.2) is 45.2 Å². The summed E-state index contributed by atoms with van der Waals surface area (Å²) in [6, 6.07) is 19.9. The minimum atomic E-state index is -1.05. The molecule has 2 N–H and O–H groups in total. The number of aliphatic imine (C=N–C) groups is 1. The van der Waals surface area contributed by atoms with Crippen molar-refractivity contribution < 1.29 is 29.3 Å². The first-order valence-electron chi connectivity index (χ1n) is 10.5. The third kappa shape index (κ3) is 5.59. The van der Waals surface area contributed by atoms with E-state index in [2.05, 4.69) is 4.99 Å². The Morgan fingerprint density at radius 1 is 0.971 bits per heavy atom. The van der Waals surface area contributed by atoms with Gasteiger partial charge in [0, 0.05) is 12.6 Å². The summed E-state index contributed by atoms with van der Waals surface area (Å²) in [4.78, 5) is 41.4. The lowest BCUT2D eigenvalue weighted by Gasteiger charge is -2.10. The summed E-state index contributed by atoms with van der Waals surface area (Å²) in [6.07, 6.45) is 1.72. The number of para-hydroxylation sites is 1. The van der Waals surface area contributed by atoms with Gasteiger partial charge >= 0.3 is 11.9 Å². The lowest BCUT2D eigenvalue weighted by atomic mass is 10.1. The number of carboxylic acids is 2. The predicted molar refractivity (Wildman–Crippen MR) is 133 cm³/mol. The Balaban J connectivity index is 1.53. The van der Waals surface area contributed by atoms with Crippen LogP contribution in [0.15, 0.2) is 82.7 Å². The molecule has 1 aliphatic rings. The normalized spacial score (nSPS) is 15.6. The average Bonchev–Trinajstić information content (AvgIpc) is 3.11. The molecular weight excluding hydrogens is 468 g/mol. The van der Waals surface area contributed by atoms with Crippen molar-refractivity contribution in [1.82, 2.24) is 4.90 Å². The molecule has 176 valence electrons. The van der Waals surface area contributed by atoms with E-state index in [1.165, 1.54) is 40.9 Å². The van der Waals surface area contributed by atoms with E-state index in [4.69, 9.17) is 9.84 Å². The van der Waals surface area contributed by atoms with Crippen LogP contribution in [0.5, 0.6) is 5.75 Å². The first-order chi connectivity index (χ1) is 16.8. The predicted octanol–water partition coefficient (Wildman–Crippen LogP) is 4.90. The smallest absolute Gasteiger partial charge is 0.335 e. The average molecular weight is 489 g/mol. The number of ether oxygens (including phenoxy) is 1. The molecule has 0 bridgehead atoms. The van der Waals surface area contributed by atoms with Crippen molar-refractivity contribution in [3.05, 3.63) is 100.0 Å².